The third-order valence-corrected chi connectivity index (χ3v) is 7.73. The zero-order chi connectivity index (χ0) is 28.6. The molecule has 0 radical (unpaired) electrons. The predicted octanol–water partition coefficient (Wildman–Crippen LogP) is 5.18. The Hall–Kier alpha value is -4.34. The number of anilines is 3. The van der Waals surface area contributed by atoms with Gasteiger partial charge in [-0.2, -0.15) is 5.10 Å². The fourth-order valence-electron chi connectivity index (χ4n) is 5.87. The minimum absolute atomic E-state index is 0.000427. The monoisotopic (exact) mass is 551 g/mol. The summed E-state index contributed by atoms with van der Waals surface area (Å²) in [5.41, 5.74) is 4.29. The van der Waals surface area contributed by atoms with Gasteiger partial charge in [0.2, 0.25) is 11.9 Å². The second kappa shape index (κ2) is 10.9. The van der Waals surface area contributed by atoms with E-state index in [4.69, 9.17) is 15.1 Å². The molecule has 1 N–H and O–H groups in total. The summed E-state index contributed by atoms with van der Waals surface area (Å²) in [5.74, 6) is 1.70. The van der Waals surface area contributed by atoms with E-state index in [1.54, 1.807) is 12.4 Å². The summed E-state index contributed by atoms with van der Waals surface area (Å²) >= 11 is 0. The third-order valence-electron chi connectivity index (χ3n) is 7.73. The summed E-state index contributed by atoms with van der Waals surface area (Å²) in [5, 5.41) is 8.05. The lowest BCUT2D eigenvalue weighted by Gasteiger charge is -2.42. The minimum atomic E-state index is 0.000427. The lowest BCUT2D eigenvalue weighted by atomic mass is 9.91. The molecule has 6 heterocycles. The number of rotatable bonds is 7. The molecule has 6 rings (SSSR count). The van der Waals surface area contributed by atoms with Crippen LogP contribution in [-0.4, -0.2) is 65.7 Å². The lowest BCUT2D eigenvalue weighted by Crippen LogP contribution is -2.56. The number of aromatic nitrogens is 6. The second-order valence-corrected chi connectivity index (χ2v) is 12.1. The predicted molar refractivity (Wildman–Crippen MR) is 160 cm³/mol. The molecule has 0 spiro atoms. The van der Waals surface area contributed by atoms with E-state index in [9.17, 15) is 4.79 Å². The van der Waals surface area contributed by atoms with Gasteiger partial charge in [-0.3, -0.25) is 14.5 Å². The molecule has 212 valence electrons. The number of amides is 1. The van der Waals surface area contributed by atoms with E-state index in [0.717, 1.165) is 66.5 Å². The van der Waals surface area contributed by atoms with Gasteiger partial charge >= 0.3 is 0 Å². The van der Waals surface area contributed by atoms with Crippen molar-refractivity contribution < 1.29 is 4.79 Å². The Morgan fingerprint density at radius 2 is 1.83 bits per heavy atom. The summed E-state index contributed by atoms with van der Waals surface area (Å²) < 4.78 is 1.90. The highest BCUT2D eigenvalue weighted by Gasteiger charge is 2.43. The highest BCUT2D eigenvalue weighted by molar-refractivity contribution is 5.79. The Bertz CT molecular complexity index is 1500. The molecule has 2 bridgehead atoms. The molecule has 0 aromatic carbocycles. The van der Waals surface area contributed by atoms with E-state index in [0.29, 0.717) is 12.4 Å². The molecule has 2 atom stereocenters. The van der Waals surface area contributed by atoms with Crippen LogP contribution in [0.15, 0.2) is 61.3 Å². The van der Waals surface area contributed by atoms with Crippen molar-refractivity contribution in [1.29, 1.82) is 0 Å². The van der Waals surface area contributed by atoms with Crippen LogP contribution in [0.3, 0.4) is 0 Å². The first kappa shape index (κ1) is 26.9. The molecule has 10 heteroatoms. The Morgan fingerprint density at radius 3 is 2.49 bits per heavy atom. The zero-order valence-electron chi connectivity index (χ0n) is 24.2. The highest BCUT2D eigenvalue weighted by atomic mass is 16.2. The summed E-state index contributed by atoms with van der Waals surface area (Å²) in [7, 11) is 0. The van der Waals surface area contributed by atoms with E-state index < -0.39 is 0 Å². The van der Waals surface area contributed by atoms with E-state index in [-0.39, 0.29) is 23.4 Å². The first-order valence-electron chi connectivity index (χ1n) is 14.4. The number of carbonyl (C=O) groups excluding carboxylic acids is 1. The van der Waals surface area contributed by atoms with Crippen molar-refractivity contribution in [3.05, 3.63) is 61.3 Å². The summed E-state index contributed by atoms with van der Waals surface area (Å²) in [6.07, 6.45) is 11.9. The van der Waals surface area contributed by atoms with Gasteiger partial charge in [0.1, 0.15) is 11.5 Å². The van der Waals surface area contributed by atoms with Gasteiger partial charge in [-0.15, -0.1) is 0 Å². The molecule has 41 heavy (non-hydrogen) atoms. The van der Waals surface area contributed by atoms with Crippen molar-refractivity contribution in [2.45, 2.75) is 65.6 Å². The van der Waals surface area contributed by atoms with Crippen molar-refractivity contribution in [2.75, 3.05) is 23.3 Å². The SMILES string of the molecule is CCn1cc(-c2ccnc(Nc3ccc(N4CC5CCC(C4)N5C(=O)CC(C)(C)C)nc3)n2)c(-c2cccnc2)n1. The topological polar surface area (TPSA) is 105 Å². The molecule has 2 unspecified atom stereocenters. The van der Waals surface area contributed by atoms with Gasteiger partial charge in [0.05, 0.1) is 17.6 Å². The summed E-state index contributed by atoms with van der Waals surface area (Å²) in [4.78, 5) is 35.7. The van der Waals surface area contributed by atoms with Crippen LogP contribution in [0.5, 0.6) is 0 Å². The van der Waals surface area contributed by atoms with Crippen molar-refractivity contribution in [3.63, 3.8) is 0 Å². The van der Waals surface area contributed by atoms with Gasteiger partial charge in [0, 0.05) is 74.1 Å². The van der Waals surface area contributed by atoms with Crippen LogP contribution in [0, 0.1) is 5.41 Å². The van der Waals surface area contributed by atoms with Gasteiger partial charge in [-0.05, 0) is 55.5 Å². The number of carbonyl (C=O) groups is 1. The van der Waals surface area contributed by atoms with Crippen molar-refractivity contribution in [3.8, 4) is 22.5 Å². The molecule has 1 amide bonds. The molecule has 0 aliphatic carbocycles. The maximum absolute atomic E-state index is 13.0. The normalized spacial score (nSPS) is 18.5. The lowest BCUT2D eigenvalue weighted by molar-refractivity contribution is -0.136. The molecule has 2 fully saturated rings. The number of nitrogens with one attached hydrogen (secondary N) is 1. The molecule has 4 aromatic rings. The molecular formula is C31H37N9O. The van der Waals surface area contributed by atoms with E-state index in [1.165, 1.54) is 0 Å². The van der Waals surface area contributed by atoms with Crippen LogP contribution in [0.4, 0.5) is 17.5 Å². The number of pyridine rings is 2. The fourth-order valence-corrected chi connectivity index (χ4v) is 5.87. The highest BCUT2D eigenvalue weighted by Crippen LogP contribution is 2.35. The largest absolute Gasteiger partial charge is 0.352 e. The second-order valence-electron chi connectivity index (χ2n) is 12.1. The molecule has 4 aromatic heterocycles. The van der Waals surface area contributed by atoms with Gasteiger partial charge in [0.15, 0.2) is 0 Å². The zero-order valence-corrected chi connectivity index (χ0v) is 24.2. The van der Waals surface area contributed by atoms with Crippen LogP contribution in [0.2, 0.25) is 0 Å². The standard InChI is InChI=1S/C31H37N9O/c1-5-39-20-25(29(37-39)21-7-6-13-32-16-21)26-12-14-33-30(36-26)35-22-8-11-27(34-17-22)38-18-23-9-10-24(19-38)40(23)28(41)15-31(2,3)4/h6-8,11-14,16-17,20,23-24H,5,9-10,15,18-19H2,1-4H3,(H,33,35,36). The van der Waals surface area contributed by atoms with Crippen molar-refractivity contribution in [2.24, 2.45) is 5.41 Å². The minimum Gasteiger partial charge on any atom is -0.352 e. The maximum atomic E-state index is 13.0. The molecular weight excluding hydrogens is 514 g/mol. The Kier molecular flexibility index (Phi) is 7.15. The smallest absolute Gasteiger partial charge is 0.227 e. The first-order chi connectivity index (χ1) is 19.8. The van der Waals surface area contributed by atoms with Crippen LogP contribution >= 0.6 is 0 Å². The average Bonchev–Trinajstić information content (AvgIpc) is 3.52. The first-order valence-corrected chi connectivity index (χ1v) is 14.4. The molecule has 2 aliphatic rings. The quantitative estimate of drug-likeness (QED) is 0.335. The van der Waals surface area contributed by atoms with E-state index >= 15 is 0 Å². The van der Waals surface area contributed by atoms with Gasteiger partial charge in [0.25, 0.3) is 0 Å². The van der Waals surface area contributed by atoms with Crippen LogP contribution in [-0.2, 0) is 11.3 Å². The Balaban J connectivity index is 1.15. The molecule has 2 aliphatic heterocycles. The fraction of sp³-hybridized carbons (Fsp3) is 0.419. The number of piperazine rings is 1. The molecule has 2 saturated heterocycles. The third kappa shape index (κ3) is 5.77. The Labute approximate surface area is 240 Å². The number of aryl methyl sites for hydroxylation is 1. The molecule has 0 saturated carbocycles. The number of hydrogen-bond donors (Lipinski definition) is 1. The van der Waals surface area contributed by atoms with Crippen molar-refractivity contribution >= 4 is 23.4 Å². The van der Waals surface area contributed by atoms with Crippen LogP contribution < -0.4 is 10.2 Å². The summed E-state index contributed by atoms with van der Waals surface area (Å²) in [6.45, 7) is 10.8. The van der Waals surface area contributed by atoms with E-state index in [1.807, 2.05) is 53.6 Å². The molecule has 10 nitrogen and oxygen atoms in total. The maximum Gasteiger partial charge on any atom is 0.227 e. The number of hydrogen-bond acceptors (Lipinski definition) is 8. The van der Waals surface area contributed by atoms with E-state index in [2.05, 4.69) is 52.8 Å². The van der Waals surface area contributed by atoms with Crippen LogP contribution in [0.25, 0.3) is 22.5 Å². The number of fused-ring (bicyclic) bond motifs is 2. The van der Waals surface area contributed by atoms with Crippen molar-refractivity contribution in [1.82, 2.24) is 34.6 Å². The van der Waals surface area contributed by atoms with Gasteiger partial charge < -0.3 is 15.1 Å². The summed E-state index contributed by atoms with van der Waals surface area (Å²) in [6, 6.07) is 10.4. The average molecular weight is 552 g/mol. The van der Waals surface area contributed by atoms with Gasteiger partial charge in [-0.25, -0.2) is 15.0 Å². The Morgan fingerprint density at radius 1 is 1.02 bits per heavy atom. The van der Waals surface area contributed by atoms with Gasteiger partial charge in [-0.1, -0.05) is 20.8 Å². The van der Waals surface area contributed by atoms with Crippen LogP contribution in [0.1, 0.15) is 47.0 Å². The number of nitrogens with zero attached hydrogens (tertiary/aromatic N) is 8.